The summed E-state index contributed by atoms with van der Waals surface area (Å²) >= 11 is 12.0. The molecule has 3 rings (SSSR count). The van der Waals surface area contributed by atoms with Gasteiger partial charge in [-0.2, -0.15) is 5.10 Å². The third-order valence-corrected chi connectivity index (χ3v) is 6.07. The van der Waals surface area contributed by atoms with E-state index in [4.69, 9.17) is 37.4 Å². The number of esters is 1. The number of nitrogens with one attached hydrogen (secondary N) is 3. The van der Waals surface area contributed by atoms with E-state index in [0.717, 1.165) is 0 Å². The number of carbonyl (C=O) groups excluding carboxylic acids is 4. The summed E-state index contributed by atoms with van der Waals surface area (Å²) in [6.45, 7) is 3.81. The van der Waals surface area contributed by atoms with Crippen molar-refractivity contribution in [2.24, 2.45) is 5.10 Å². The lowest BCUT2D eigenvalue weighted by atomic mass is 10.2. The topological polar surface area (TPSA) is 144 Å². The Labute approximate surface area is 252 Å². The van der Waals surface area contributed by atoms with Crippen LogP contribution in [-0.4, -0.2) is 49.7 Å². The Morgan fingerprint density at radius 1 is 0.833 bits per heavy atom. The number of anilines is 2. The standard InChI is InChI=1S/C29H28Cl2N4O7/c1-3-40-24-14-18(16-32-35-26(37)15-25(36)34-22-7-5-6-21(30)28(22)31)8-13-23(24)42-17-27(38)33-20-11-9-19(10-12-20)29(39)41-4-2/h5-14,16H,3-4,15,17H2,1-2H3,(H,33,38)(H,34,36)(H,35,37). The molecule has 0 radical (unpaired) electrons. The highest BCUT2D eigenvalue weighted by molar-refractivity contribution is 6.44. The van der Waals surface area contributed by atoms with Gasteiger partial charge in [0.25, 0.3) is 5.91 Å². The zero-order chi connectivity index (χ0) is 30.5. The third kappa shape index (κ3) is 9.79. The Morgan fingerprint density at radius 2 is 1.60 bits per heavy atom. The van der Waals surface area contributed by atoms with Crippen molar-refractivity contribution in [1.29, 1.82) is 0 Å². The fourth-order valence-corrected chi connectivity index (χ4v) is 3.74. The molecule has 0 heterocycles. The average molecular weight is 615 g/mol. The molecule has 3 N–H and O–H groups in total. The quantitative estimate of drug-likeness (QED) is 0.105. The van der Waals surface area contributed by atoms with Crippen molar-refractivity contribution >= 4 is 64.5 Å². The van der Waals surface area contributed by atoms with Crippen LogP contribution in [0.3, 0.4) is 0 Å². The Hall–Kier alpha value is -4.61. The van der Waals surface area contributed by atoms with Crippen molar-refractivity contribution in [3.05, 3.63) is 81.8 Å². The molecule has 0 saturated heterocycles. The molecule has 3 aromatic carbocycles. The number of hydrazone groups is 1. The van der Waals surface area contributed by atoms with Gasteiger partial charge in [0, 0.05) is 5.69 Å². The minimum absolute atomic E-state index is 0.172. The first-order valence-electron chi connectivity index (χ1n) is 12.7. The maximum Gasteiger partial charge on any atom is 0.338 e. The van der Waals surface area contributed by atoms with Crippen molar-refractivity contribution in [1.82, 2.24) is 5.43 Å². The average Bonchev–Trinajstić information content (AvgIpc) is 2.95. The van der Waals surface area contributed by atoms with Crippen LogP contribution < -0.4 is 25.5 Å². The summed E-state index contributed by atoms with van der Waals surface area (Å²) in [5.74, 6) is -1.42. The molecule has 3 amide bonds. The van der Waals surface area contributed by atoms with Gasteiger partial charge in [-0.15, -0.1) is 0 Å². The van der Waals surface area contributed by atoms with E-state index in [2.05, 4.69) is 21.2 Å². The number of ether oxygens (including phenoxy) is 3. The Morgan fingerprint density at radius 3 is 2.31 bits per heavy atom. The van der Waals surface area contributed by atoms with Crippen LogP contribution in [0, 0.1) is 0 Å². The maximum atomic E-state index is 12.4. The van der Waals surface area contributed by atoms with E-state index in [9.17, 15) is 19.2 Å². The van der Waals surface area contributed by atoms with E-state index in [1.807, 2.05) is 0 Å². The van der Waals surface area contributed by atoms with Crippen LogP contribution in [0.1, 0.15) is 36.2 Å². The zero-order valence-corrected chi connectivity index (χ0v) is 24.3. The van der Waals surface area contributed by atoms with E-state index < -0.39 is 30.1 Å². The summed E-state index contributed by atoms with van der Waals surface area (Å²) in [5, 5.41) is 9.52. The molecule has 0 aliphatic heterocycles. The van der Waals surface area contributed by atoms with Gasteiger partial charge in [-0.25, -0.2) is 10.2 Å². The Kier molecular flexibility index (Phi) is 12.1. The molecule has 0 aromatic heterocycles. The highest BCUT2D eigenvalue weighted by atomic mass is 35.5. The van der Waals surface area contributed by atoms with Crippen LogP contribution in [0.25, 0.3) is 0 Å². The molecular formula is C29H28Cl2N4O7. The molecule has 0 spiro atoms. The summed E-state index contributed by atoms with van der Waals surface area (Å²) in [6.07, 6.45) is 0.872. The van der Waals surface area contributed by atoms with E-state index in [-0.39, 0.29) is 23.3 Å². The molecule has 0 aliphatic rings. The molecular weight excluding hydrogens is 587 g/mol. The van der Waals surface area contributed by atoms with Crippen molar-refractivity contribution in [3.8, 4) is 11.5 Å². The molecule has 0 unspecified atom stereocenters. The Balaban J connectivity index is 1.51. The fourth-order valence-electron chi connectivity index (χ4n) is 3.40. The monoisotopic (exact) mass is 614 g/mol. The van der Waals surface area contributed by atoms with Gasteiger partial charge in [-0.3, -0.25) is 14.4 Å². The van der Waals surface area contributed by atoms with Gasteiger partial charge in [0.1, 0.15) is 6.42 Å². The lowest BCUT2D eigenvalue weighted by molar-refractivity contribution is -0.126. The minimum atomic E-state index is -0.645. The molecule has 13 heteroatoms. The van der Waals surface area contributed by atoms with Gasteiger partial charge in [0.2, 0.25) is 11.8 Å². The number of carbonyl (C=O) groups is 4. The van der Waals surface area contributed by atoms with Crippen LogP contribution in [0.2, 0.25) is 10.0 Å². The summed E-state index contributed by atoms with van der Waals surface area (Å²) in [4.78, 5) is 48.4. The first kappa shape index (κ1) is 31.9. The van der Waals surface area contributed by atoms with Crippen LogP contribution >= 0.6 is 23.2 Å². The van der Waals surface area contributed by atoms with Gasteiger partial charge >= 0.3 is 5.97 Å². The molecule has 0 fully saturated rings. The number of rotatable bonds is 13. The predicted molar refractivity (Wildman–Crippen MR) is 160 cm³/mol. The van der Waals surface area contributed by atoms with Crippen LogP contribution in [-0.2, 0) is 19.1 Å². The van der Waals surface area contributed by atoms with Crippen molar-refractivity contribution < 1.29 is 33.4 Å². The molecule has 3 aromatic rings. The first-order valence-corrected chi connectivity index (χ1v) is 13.5. The summed E-state index contributed by atoms with van der Waals surface area (Å²) < 4.78 is 16.2. The number of nitrogens with zero attached hydrogens (tertiary/aromatic N) is 1. The van der Waals surface area contributed by atoms with Crippen molar-refractivity contribution in [2.45, 2.75) is 20.3 Å². The molecule has 220 valence electrons. The van der Waals surface area contributed by atoms with Crippen LogP contribution in [0.5, 0.6) is 11.5 Å². The largest absolute Gasteiger partial charge is 0.490 e. The second kappa shape index (κ2) is 16.0. The molecule has 0 saturated carbocycles. The minimum Gasteiger partial charge on any atom is -0.490 e. The fraction of sp³-hybridized carbons (Fsp3) is 0.207. The summed E-state index contributed by atoms with van der Waals surface area (Å²) in [6, 6.07) is 15.9. The van der Waals surface area contributed by atoms with Crippen molar-refractivity contribution in [2.75, 3.05) is 30.5 Å². The lowest BCUT2D eigenvalue weighted by Crippen LogP contribution is -2.24. The van der Waals surface area contributed by atoms with Gasteiger partial charge in [-0.05, 0) is 74.0 Å². The van der Waals surface area contributed by atoms with E-state index >= 15 is 0 Å². The molecule has 42 heavy (non-hydrogen) atoms. The van der Waals surface area contributed by atoms with E-state index in [1.54, 1.807) is 74.5 Å². The number of benzene rings is 3. The SMILES string of the molecule is CCOC(=O)c1ccc(NC(=O)COc2ccc(C=NNC(=O)CC(=O)Nc3cccc(Cl)c3Cl)cc2OCC)cc1. The van der Waals surface area contributed by atoms with Gasteiger partial charge in [0.15, 0.2) is 18.1 Å². The number of amides is 3. The first-order chi connectivity index (χ1) is 20.2. The van der Waals surface area contributed by atoms with E-state index in [1.165, 1.54) is 6.21 Å². The predicted octanol–water partition coefficient (Wildman–Crippen LogP) is 5.07. The van der Waals surface area contributed by atoms with Crippen LogP contribution in [0.4, 0.5) is 11.4 Å². The molecule has 11 nitrogen and oxygen atoms in total. The summed E-state index contributed by atoms with van der Waals surface area (Å²) in [7, 11) is 0. The number of hydrogen-bond acceptors (Lipinski definition) is 8. The second-order valence-electron chi connectivity index (χ2n) is 8.39. The Bertz CT molecular complexity index is 1460. The molecule has 0 atom stereocenters. The summed E-state index contributed by atoms with van der Waals surface area (Å²) in [5.41, 5.74) is 3.99. The lowest BCUT2D eigenvalue weighted by Gasteiger charge is -2.13. The molecule has 0 bridgehead atoms. The van der Waals surface area contributed by atoms with Crippen molar-refractivity contribution in [3.63, 3.8) is 0 Å². The highest BCUT2D eigenvalue weighted by Crippen LogP contribution is 2.30. The van der Waals surface area contributed by atoms with Gasteiger partial charge in [-0.1, -0.05) is 29.3 Å². The zero-order valence-electron chi connectivity index (χ0n) is 22.7. The normalized spacial score (nSPS) is 10.6. The second-order valence-corrected chi connectivity index (χ2v) is 9.18. The smallest absolute Gasteiger partial charge is 0.338 e. The van der Waals surface area contributed by atoms with Crippen LogP contribution in [0.15, 0.2) is 65.8 Å². The maximum absolute atomic E-state index is 12.4. The van der Waals surface area contributed by atoms with Gasteiger partial charge < -0.3 is 24.8 Å². The number of halogens is 2. The number of hydrogen-bond donors (Lipinski definition) is 3. The molecule has 0 aliphatic carbocycles. The third-order valence-electron chi connectivity index (χ3n) is 5.26. The van der Waals surface area contributed by atoms with Gasteiger partial charge in [0.05, 0.1) is 40.7 Å². The van der Waals surface area contributed by atoms with E-state index in [0.29, 0.717) is 40.6 Å². The highest BCUT2D eigenvalue weighted by Gasteiger charge is 2.13.